The van der Waals surface area contributed by atoms with Crippen LogP contribution in [0, 0.1) is 0 Å². The van der Waals surface area contributed by atoms with E-state index in [1.54, 1.807) is 74.5 Å². The number of nitrogens with one attached hydrogen (secondary N) is 2. The van der Waals surface area contributed by atoms with Crippen LogP contribution in [0.25, 0.3) is 12.2 Å². The van der Waals surface area contributed by atoms with Gasteiger partial charge in [0.25, 0.3) is 0 Å². The van der Waals surface area contributed by atoms with E-state index in [9.17, 15) is 19.2 Å². The van der Waals surface area contributed by atoms with Crippen LogP contribution in [0.3, 0.4) is 0 Å². The third-order valence-corrected chi connectivity index (χ3v) is 5.29. The lowest BCUT2D eigenvalue weighted by Gasteiger charge is -2.05. The van der Waals surface area contributed by atoms with Crippen molar-refractivity contribution in [1.82, 2.24) is 0 Å². The molecule has 0 atom stereocenters. The SMILES string of the molecule is CCC(=O)Nc1cccc(C(=O)C=Cc2ccc(C=CC(=O)c3cccc(NC(=O)CC)c3)cc2)c1. The summed E-state index contributed by atoms with van der Waals surface area (Å²) in [7, 11) is 0. The predicted molar refractivity (Wildman–Crippen MR) is 144 cm³/mol. The summed E-state index contributed by atoms with van der Waals surface area (Å²) in [6.07, 6.45) is 7.13. The lowest BCUT2D eigenvalue weighted by Crippen LogP contribution is -2.09. The number of allylic oxidation sites excluding steroid dienone is 2. The Bertz CT molecular complexity index is 1220. The van der Waals surface area contributed by atoms with E-state index in [0.29, 0.717) is 35.3 Å². The van der Waals surface area contributed by atoms with Gasteiger partial charge in [-0.1, -0.05) is 74.5 Å². The topological polar surface area (TPSA) is 92.3 Å². The van der Waals surface area contributed by atoms with Crippen LogP contribution >= 0.6 is 0 Å². The Morgan fingerprint density at radius 1 is 0.611 bits per heavy atom. The average molecular weight is 481 g/mol. The summed E-state index contributed by atoms with van der Waals surface area (Å²) in [5, 5.41) is 5.49. The number of amides is 2. The van der Waals surface area contributed by atoms with Gasteiger partial charge in [-0.2, -0.15) is 0 Å². The maximum absolute atomic E-state index is 12.5. The van der Waals surface area contributed by atoms with Crippen molar-refractivity contribution in [1.29, 1.82) is 0 Å². The summed E-state index contributed by atoms with van der Waals surface area (Å²) in [5.74, 6) is -0.566. The fraction of sp³-hybridized carbons (Fsp3) is 0.133. The highest BCUT2D eigenvalue weighted by Gasteiger charge is 2.06. The summed E-state index contributed by atoms with van der Waals surface area (Å²) in [6, 6.07) is 21.1. The Kier molecular flexibility index (Phi) is 9.23. The predicted octanol–water partition coefficient (Wildman–Crippen LogP) is 6.18. The summed E-state index contributed by atoms with van der Waals surface area (Å²) in [5.41, 5.74) is 3.81. The minimum atomic E-state index is -0.172. The molecule has 0 aliphatic rings. The quantitative estimate of drug-likeness (QED) is 0.268. The lowest BCUT2D eigenvalue weighted by atomic mass is 10.1. The number of benzene rings is 3. The molecule has 36 heavy (non-hydrogen) atoms. The first-order valence-corrected chi connectivity index (χ1v) is 11.7. The third-order valence-electron chi connectivity index (χ3n) is 5.29. The van der Waals surface area contributed by atoms with Gasteiger partial charge < -0.3 is 10.6 Å². The number of anilines is 2. The number of carbonyl (C=O) groups excluding carboxylic acids is 4. The Labute approximate surface area is 210 Å². The van der Waals surface area contributed by atoms with E-state index in [4.69, 9.17) is 0 Å². The van der Waals surface area contributed by atoms with Gasteiger partial charge in [0.15, 0.2) is 11.6 Å². The number of carbonyl (C=O) groups is 4. The van der Waals surface area contributed by atoms with Gasteiger partial charge in [-0.25, -0.2) is 0 Å². The molecule has 3 rings (SSSR count). The minimum absolute atomic E-state index is 0.111. The fourth-order valence-electron chi connectivity index (χ4n) is 3.25. The van der Waals surface area contributed by atoms with E-state index in [2.05, 4.69) is 10.6 Å². The van der Waals surface area contributed by atoms with Gasteiger partial charge in [0.05, 0.1) is 0 Å². The molecule has 0 aliphatic heterocycles. The Morgan fingerprint density at radius 3 is 1.36 bits per heavy atom. The molecule has 3 aromatic rings. The molecule has 182 valence electrons. The van der Waals surface area contributed by atoms with Gasteiger partial charge >= 0.3 is 0 Å². The Balaban J connectivity index is 1.61. The zero-order valence-electron chi connectivity index (χ0n) is 20.3. The van der Waals surface area contributed by atoms with Crippen LogP contribution < -0.4 is 10.6 Å². The van der Waals surface area contributed by atoms with E-state index in [0.717, 1.165) is 11.1 Å². The van der Waals surface area contributed by atoms with Crippen LogP contribution in [0.1, 0.15) is 58.5 Å². The molecule has 0 fully saturated rings. The number of rotatable bonds is 10. The molecule has 0 aliphatic carbocycles. The summed E-state index contributed by atoms with van der Waals surface area (Å²) >= 11 is 0. The lowest BCUT2D eigenvalue weighted by molar-refractivity contribution is -0.116. The number of hydrogen-bond acceptors (Lipinski definition) is 4. The van der Waals surface area contributed by atoms with E-state index in [-0.39, 0.29) is 23.4 Å². The molecule has 6 nitrogen and oxygen atoms in total. The zero-order chi connectivity index (χ0) is 25.9. The van der Waals surface area contributed by atoms with Crippen LogP contribution in [0.2, 0.25) is 0 Å². The Morgan fingerprint density at radius 2 is 1.00 bits per heavy atom. The first-order chi connectivity index (χ1) is 17.4. The van der Waals surface area contributed by atoms with Crippen molar-refractivity contribution in [2.45, 2.75) is 26.7 Å². The Hall–Kier alpha value is -4.58. The second-order valence-electron chi connectivity index (χ2n) is 8.03. The zero-order valence-corrected chi connectivity index (χ0v) is 20.3. The standard InChI is InChI=1S/C30H28N2O4/c1-3-29(35)31-25-9-5-7-23(19-25)27(33)17-15-21-11-13-22(14-12-21)16-18-28(34)24-8-6-10-26(20-24)32-30(36)4-2/h5-20H,3-4H2,1-2H3,(H,31,35)(H,32,36). The van der Waals surface area contributed by atoms with Gasteiger partial charge in [0.1, 0.15) is 0 Å². The molecule has 0 heterocycles. The van der Waals surface area contributed by atoms with E-state index >= 15 is 0 Å². The molecule has 0 aromatic heterocycles. The highest BCUT2D eigenvalue weighted by molar-refractivity contribution is 6.08. The fourth-order valence-corrected chi connectivity index (χ4v) is 3.25. The molecule has 2 amide bonds. The number of hydrogen-bond donors (Lipinski definition) is 2. The van der Waals surface area contributed by atoms with Crippen molar-refractivity contribution in [2.24, 2.45) is 0 Å². The van der Waals surface area contributed by atoms with Gasteiger partial charge in [0, 0.05) is 35.3 Å². The van der Waals surface area contributed by atoms with Gasteiger partial charge in [0.2, 0.25) is 11.8 Å². The van der Waals surface area contributed by atoms with Gasteiger partial charge in [-0.05, 0) is 47.5 Å². The molecule has 0 saturated carbocycles. The normalized spacial score (nSPS) is 10.9. The molecule has 0 spiro atoms. The highest BCUT2D eigenvalue weighted by atomic mass is 16.2. The largest absolute Gasteiger partial charge is 0.326 e. The maximum Gasteiger partial charge on any atom is 0.224 e. The first-order valence-electron chi connectivity index (χ1n) is 11.7. The molecule has 0 radical (unpaired) electrons. The molecule has 0 unspecified atom stereocenters. The molecule has 2 N–H and O–H groups in total. The van der Waals surface area contributed by atoms with Crippen molar-refractivity contribution in [3.05, 3.63) is 107 Å². The maximum atomic E-state index is 12.5. The van der Waals surface area contributed by atoms with Crippen molar-refractivity contribution in [2.75, 3.05) is 10.6 Å². The van der Waals surface area contributed by atoms with Gasteiger partial charge in [-0.3, -0.25) is 19.2 Å². The van der Waals surface area contributed by atoms with Crippen LogP contribution in [0.5, 0.6) is 0 Å². The smallest absolute Gasteiger partial charge is 0.224 e. The van der Waals surface area contributed by atoms with Crippen LogP contribution in [0.15, 0.2) is 84.9 Å². The van der Waals surface area contributed by atoms with Crippen LogP contribution in [-0.4, -0.2) is 23.4 Å². The van der Waals surface area contributed by atoms with Crippen molar-refractivity contribution < 1.29 is 19.2 Å². The molecule has 6 heteroatoms. The van der Waals surface area contributed by atoms with Crippen molar-refractivity contribution in [3.8, 4) is 0 Å². The summed E-state index contributed by atoms with van der Waals surface area (Å²) < 4.78 is 0. The molecular formula is C30H28N2O4. The first kappa shape index (κ1) is 26.0. The molecule has 0 saturated heterocycles. The molecule has 3 aromatic carbocycles. The second kappa shape index (κ2) is 12.8. The summed E-state index contributed by atoms with van der Waals surface area (Å²) in [4.78, 5) is 48.2. The van der Waals surface area contributed by atoms with Crippen LogP contribution in [0.4, 0.5) is 11.4 Å². The minimum Gasteiger partial charge on any atom is -0.326 e. The third kappa shape index (κ3) is 7.74. The van der Waals surface area contributed by atoms with E-state index < -0.39 is 0 Å². The van der Waals surface area contributed by atoms with E-state index in [1.165, 1.54) is 12.2 Å². The number of ketones is 2. The van der Waals surface area contributed by atoms with Crippen molar-refractivity contribution >= 4 is 46.9 Å². The van der Waals surface area contributed by atoms with Crippen LogP contribution in [-0.2, 0) is 9.59 Å². The highest BCUT2D eigenvalue weighted by Crippen LogP contribution is 2.15. The molecular weight excluding hydrogens is 452 g/mol. The average Bonchev–Trinajstić information content (AvgIpc) is 2.91. The van der Waals surface area contributed by atoms with Gasteiger partial charge in [-0.15, -0.1) is 0 Å². The monoisotopic (exact) mass is 480 g/mol. The molecule has 0 bridgehead atoms. The summed E-state index contributed by atoms with van der Waals surface area (Å²) in [6.45, 7) is 3.53. The van der Waals surface area contributed by atoms with Crippen molar-refractivity contribution in [3.63, 3.8) is 0 Å². The second-order valence-corrected chi connectivity index (χ2v) is 8.03. The van der Waals surface area contributed by atoms with E-state index in [1.807, 2.05) is 24.3 Å².